The zero-order chi connectivity index (χ0) is 15.8. The highest BCUT2D eigenvalue weighted by molar-refractivity contribution is 9.10. The molecule has 0 bridgehead atoms. The fraction of sp³-hybridized carbons (Fsp3) is 0.0769. The summed E-state index contributed by atoms with van der Waals surface area (Å²) in [5.74, 6) is -0.462. The first-order chi connectivity index (χ1) is 9.68. The van der Waals surface area contributed by atoms with E-state index in [9.17, 15) is 12.8 Å². The number of rotatable bonds is 3. The summed E-state index contributed by atoms with van der Waals surface area (Å²) in [4.78, 5) is -0.148. The lowest BCUT2D eigenvalue weighted by atomic mass is 10.2. The molecule has 112 valence electrons. The monoisotopic (exact) mass is 373 g/mol. The van der Waals surface area contributed by atoms with Crippen LogP contribution in [-0.2, 0) is 10.0 Å². The number of primary sulfonamides is 1. The van der Waals surface area contributed by atoms with Crippen molar-refractivity contribution in [1.29, 1.82) is 0 Å². The molecule has 0 saturated heterocycles. The summed E-state index contributed by atoms with van der Waals surface area (Å²) in [6.45, 7) is 1.76. The molecule has 0 aliphatic rings. The van der Waals surface area contributed by atoms with Crippen molar-refractivity contribution < 1.29 is 12.8 Å². The maximum absolute atomic E-state index is 13.6. The van der Waals surface area contributed by atoms with Crippen molar-refractivity contribution in [3.05, 3.63) is 46.2 Å². The highest BCUT2D eigenvalue weighted by atomic mass is 79.9. The molecule has 2 rings (SSSR count). The number of sulfonamides is 1. The van der Waals surface area contributed by atoms with Gasteiger partial charge in [0.2, 0.25) is 10.0 Å². The van der Waals surface area contributed by atoms with Crippen LogP contribution in [0.25, 0.3) is 0 Å². The Labute approximate surface area is 130 Å². The van der Waals surface area contributed by atoms with Crippen LogP contribution in [0.5, 0.6) is 0 Å². The summed E-state index contributed by atoms with van der Waals surface area (Å²) in [5, 5.41) is 8.03. The Balaban J connectivity index is 2.53. The van der Waals surface area contributed by atoms with Crippen LogP contribution in [0.2, 0.25) is 0 Å². The van der Waals surface area contributed by atoms with Crippen molar-refractivity contribution in [3.8, 4) is 0 Å². The molecule has 0 heterocycles. The Bertz CT molecular complexity index is 809. The molecule has 5 nitrogen and oxygen atoms in total. The molecule has 0 atom stereocenters. The molecule has 2 aromatic carbocycles. The molecule has 5 N–H and O–H groups in total. The lowest BCUT2D eigenvalue weighted by Gasteiger charge is -2.14. The summed E-state index contributed by atoms with van der Waals surface area (Å²) in [6, 6.07) is 7.12. The van der Waals surface area contributed by atoms with E-state index in [0.717, 1.165) is 5.56 Å². The van der Waals surface area contributed by atoms with E-state index in [0.29, 0.717) is 10.2 Å². The lowest BCUT2D eigenvalue weighted by Crippen LogP contribution is -2.14. The van der Waals surface area contributed by atoms with Crippen molar-refractivity contribution in [2.24, 2.45) is 5.14 Å². The maximum Gasteiger partial charge on any atom is 0.240 e. The summed E-state index contributed by atoms with van der Waals surface area (Å²) >= 11 is 3.09. The number of hydrogen-bond acceptors (Lipinski definition) is 4. The van der Waals surface area contributed by atoms with E-state index in [1.807, 2.05) is 0 Å². The quantitative estimate of drug-likeness (QED) is 0.720. The van der Waals surface area contributed by atoms with Gasteiger partial charge in [0.25, 0.3) is 0 Å². The van der Waals surface area contributed by atoms with Crippen molar-refractivity contribution in [1.82, 2.24) is 0 Å². The summed E-state index contributed by atoms with van der Waals surface area (Å²) in [7, 11) is -3.95. The Morgan fingerprint density at radius 2 is 1.86 bits per heavy atom. The highest BCUT2D eigenvalue weighted by Crippen LogP contribution is 2.30. The van der Waals surface area contributed by atoms with Gasteiger partial charge in [0, 0.05) is 11.4 Å². The van der Waals surface area contributed by atoms with Crippen LogP contribution < -0.4 is 16.2 Å². The third-order valence-corrected chi connectivity index (χ3v) is 4.41. The van der Waals surface area contributed by atoms with Crippen molar-refractivity contribution in [2.75, 3.05) is 11.1 Å². The first-order valence-corrected chi connectivity index (χ1v) is 8.17. The summed E-state index contributed by atoms with van der Waals surface area (Å²) < 4.78 is 37.1. The van der Waals surface area contributed by atoms with Gasteiger partial charge >= 0.3 is 0 Å². The second-order valence-electron chi connectivity index (χ2n) is 4.51. The van der Waals surface area contributed by atoms with Gasteiger partial charge in [0.15, 0.2) is 0 Å². The maximum atomic E-state index is 13.6. The second kappa shape index (κ2) is 5.63. The van der Waals surface area contributed by atoms with E-state index in [4.69, 9.17) is 10.9 Å². The lowest BCUT2D eigenvalue weighted by molar-refractivity contribution is 0.598. The molecule has 0 saturated carbocycles. The van der Waals surface area contributed by atoms with Crippen molar-refractivity contribution in [3.63, 3.8) is 0 Å². The van der Waals surface area contributed by atoms with Gasteiger partial charge in [-0.15, -0.1) is 0 Å². The second-order valence-corrected chi connectivity index (χ2v) is 6.89. The van der Waals surface area contributed by atoms with Crippen LogP contribution in [0, 0.1) is 12.7 Å². The number of nitrogen functional groups attached to an aromatic ring is 1. The molecule has 0 aliphatic heterocycles. The third kappa shape index (κ3) is 3.52. The Morgan fingerprint density at radius 1 is 1.19 bits per heavy atom. The van der Waals surface area contributed by atoms with Crippen molar-refractivity contribution >= 4 is 43.0 Å². The number of anilines is 3. The topological polar surface area (TPSA) is 98.2 Å². The standard InChI is InChI=1S/C13H13BrFN3O2S/c1-7-4-9(14)10(15)6-12(7)18-11-3-2-8(16)5-13(11)21(17,19)20/h2-6,18H,16H2,1H3,(H2,17,19,20). The molecule has 0 amide bonds. The van der Waals surface area contributed by atoms with Gasteiger partial charge < -0.3 is 11.1 Å². The first-order valence-electron chi connectivity index (χ1n) is 5.83. The predicted octanol–water partition coefficient (Wildman–Crippen LogP) is 2.87. The molecule has 0 radical (unpaired) electrons. The van der Waals surface area contributed by atoms with Gasteiger partial charge in [-0.3, -0.25) is 0 Å². The fourth-order valence-electron chi connectivity index (χ4n) is 1.80. The van der Waals surface area contributed by atoms with Gasteiger partial charge in [-0.2, -0.15) is 0 Å². The zero-order valence-electron chi connectivity index (χ0n) is 11.0. The van der Waals surface area contributed by atoms with Gasteiger partial charge in [-0.05, 0) is 58.7 Å². The van der Waals surface area contributed by atoms with E-state index in [1.54, 1.807) is 13.0 Å². The van der Waals surface area contributed by atoms with Crippen LogP contribution in [0.1, 0.15) is 5.56 Å². The van der Waals surface area contributed by atoms with Gasteiger partial charge in [-0.1, -0.05) is 0 Å². The molecule has 2 aromatic rings. The summed E-state index contributed by atoms with van der Waals surface area (Å²) in [6.07, 6.45) is 0. The van der Waals surface area contributed by atoms with Crippen LogP contribution in [0.4, 0.5) is 21.5 Å². The van der Waals surface area contributed by atoms with E-state index in [2.05, 4.69) is 21.2 Å². The smallest absolute Gasteiger partial charge is 0.240 e. The number of nitrogens with one attached hydrogen (secondary N) is 1. The average molecular weight is 374 g/mol. The van der Waals surface area contributed by atoms with E-state index >= 15 is 0 Å². The number of benzene rings is 2. The summed E-state index contributed by atoms with van der Waals surface area (Å²) in [5.41, 5.74) is 7.25. The first kappa shape index (κ1) is 15.7. The minimum Gasteiger partial charge on any atom is -0.399 e. The number of halogens is 2. The van der Waals surface area contributed by atoms with Gasteiger partial charge in [0.1, 0.15) is 10.7 Å². The van der Waals surface area contributed by atoms with Crippen LogP contribution in [0.3, 0.4) is 0 Å². The average Bonchev–Trinajstić information content (AvgIpc) is 2.36. The molecule has 0 fully saturated rings. The molecular formula is C13H13BrFN3O2S. The van der Waals surface area contributed by atoms with Crippen LogP contribution in [0.15, 0.2) is 39.7 Å². The Kier molecular flexibility index (Phi) is 4.22. The van der Waals surface area contributed by atoms with Crippen molar-refractivity contribution in [2.45, 2.75) is 11.8 Å². The molecule has 0 aromatic heterocycles. The number of aryl methyl sites for hydroxylation is 1. The van der Waals surface area contributed by atoms with Gasteiger partial charge in [-0.25, -0.2) is 17.9 Å². The van der Waals surface area contributed by atoms with Crippen LogP contribution >= 0.6 is 15.9 Å². The molecule has 0 unspecified atom stereocenters. The normalized spacial score (nSPS) is 11.4. The SMILES string of the molecule is Cc1cc(Br)c(F)cc1Nc1ccc(N)cc1S(N)(=O)=O. The minimum atomic E-state index is -3.95. The fourth-order valence-corrected chi connectivity index (χ4v) is 2.99. The van der Waals surface area contributed by atoms with E-state index in [-0.39, 0.29) is 16.3 Å². The largest absolute Gasteiger partial charge is 0.399 e. The van der Waals surface area contributed by atoms with E-state index < -0.39 is 15.8 Å². The predicted molar refractivity (Wildman–Crippen MR) is 84.3 cm³/mol. The third-order valence-electron chi connectivity index (χ3n) is 2.85. The van der Waals surface area contributed by atoms with Gasteiger partial charge in [0.05, 0.1) is 10.2 Å². The zero-order valence-corrected chi connectivity index (χ0v) is 13.4. The molecule has 0 aliphatic carbocycles. The highest BCUT2D eigenvalue weighted by Gasteiger charge is 2.16. The Morgan fingerprint density at radius 3 is 2.48 bits per heavy atom. The number of hydrogen-bond donors (Lipinski definition) is 3. The van der Waals surface area contributed by atoms with Crippen LogP contribution in [-0.4, -0.2) is 8.42 Å². The molecular weight excluding hydrogens is 361 g/mol. The minimum absolute atomic E-state index is 0.148. The molecule has 0 spiro atoms. The molecule has 8 heteroatoms. The Hall–Kier alpha value is -1.64. The van der Waals surface area contributed by atoms with E-state index in [1.165, 1.54) is 24.3 Å². The molecule has 21 heavy (non-hydrogen) atoms. The number of nitrogens with two attached hydrogens (primary N) is 2.